The summed E-state index contributed by atoms with van der Waals surface area (Å²) >= 11 is 0. The van der Waals surface area contributed by atoms with Crippen LogP contribution in [-0.2, 0) is 0 Å². The fourth-order valence-electron chi connectivity index (χ4n) is 0.890. The second-order valence-electron chi connectivity index (χ2n) is 2.91. The Morgan fingerprint density at radius 2 is 2.10 bits per heavy atom. The maximum Gasteiger partial charge on any atom is -0.0470 e. The van der Waals surface area contributed by atoms with Crippen LogP contribution >= 0.6 is 0 Å². The zero-order valence-corrected chi connectivity index (χ0v) is 7.65. The highest BCUT2D eigenvalue weighted by atomic mass is 14.1. The lowest BCUT2D eigenvalue weighted by Crippen LogP contribution is -2.02. The van der Waals surface area contributed by atoms with Crippen LogP contribution in [0.4, 0.5) is 0 Å². The maximum absolute atomic E-state index is 2.29. The Bertz CT molecular complexity index is 92.2. The first-order chi connectivity index (χ1) is 4.72. The van der Waals surface area contributed by atoms with Crippen LogP contribution in [0.2, 0.25) is 0 Å². The van der Waals surface area contributed by atoms with E-state index < -0.39 is 0 Å². The van der Waals surface area contributed by atoms with Gasteiger partial charge in [0.1, 0.15) is 0 Å². The van der Waals surface area contributed by atoms with Gasteiger partial charge in [0.05, 0.1) is 0 Å². The summed E-state index contributed by atoms with van der Waals surface area (Å²) in [5, 5.41) is 0. The van der Waals surface area contributed by atoms with Crippen molar-refractivity contribution in [3.63, 3.8) is 0 Å². The number of allylic oxidation sites excluding steroid dienone is 2. The van der Waals surface area contributed by atoms with E-state index in [1.54, 1.807) is 5.92 Å². The van der Waals surface area contributed by atoms with E-state index >= 15 is 0 Å². The minimum absolute atomic E-state index is 0.765. The quantitative estimate of drug-likeness (QED) is 0.412. The SMILES string of the molecule is CC=CCC(C)[C-](C)CC. The van der Waals surface area contributed by atoms with E-state index in [0.717, 1.165) is 5.92 Å². The Labute approximate surface area is 65.3 Å². The van der Waals surface area contributed by atoms with Crippen molar-refractivity contribution in [3.05, 3.63) is 18.1 Å². The van der Waals surface area contributed by atoms with Crippen LogP contribution in [0, 0.1) is 11.8 Å². The first kappa shape index (κ1) is 9.74. The second kappa shape index (κ2) is 5.52. The molecule has 0 aromatic heterocycles. The van der Waals surface area contributed by atoms with Crippen LogP contribution in [0.3, 0.4) is 0 Å². The molecule has 0 fully saturated rings. The molecule has 1 unspecified atom stereocenters. The Kier molecular flexibility index (Phi) is 5.38. The molecule has 0 heterocycles. The summed E-state index contributed by atoms with van der Waals surface area (Å²) in [6.45, 7) is 8.84. The van der Waals surface area contributed by atoms with Crippen LogP contribution in [0.25, 0.3) is 0 Å². The highest BCUT2D eigenvalue weighted by Gasteiger charge is 1.93. The minimum atomic E-state index is 0.765. The molecule has 60 valence electrons. The molecular weight excluding hydrogens is 120 g/mol. The Morgan fingerprint density at radius 3 is 2.50 bits per heavy atom. The van der Waals surface area contributed by atoms with E-state index in [2.05, 4.69) is 39.8 Å². The van der Waals surface area contributed by atoms with Crippen LogP contribution in [0.15, 0.2) is 12.2 Å². The molecule has 0 aromatic carbocycles. The summed E-state index contributed by atoms with van der Waals surface area (Å²) < 4.78 is 0. The predicted molar refractivity (Wildman–Crippen MR) is 47.8 cm³/mol. The van der Waals surface area contributed by atoms with Crippen LogP contribution in [-0.4, -0.2) is 0 Å². The van der Waals surface area contributed by atoms with Gasteiger partial charge in [0.25, 0.3) is 0 Å². The zero-order valence-electron chi connectivity index (χ0n) is 7.65. The molecule has 0 aromatic rings. The van der Waals surface area contributed by atoms with Gasteiger partial charge in [-0.05, 0) is 6.92 Å². The molecular formula is C10H19-. The Balaban J connectivity index is 3.50. The molecule has 0 heteroatoms. The van der Waals surface area contributed by atoms with Crippen molar-refractivity contribution in [1.29, 1.82) is 0 Å². The molecule has 0 aliphatic heterocycles. The standard InChI is InChI=1S/C10H19/c1-5-7-8-10(4)9(3)6-2/h5,7,10H,6,8H2,1-4H3/q-1. The highest BCUT2D eigenvalue weighted by Crippen LogP contribution is 2.20. The third kappa shape index (κ3) is 3.71. The predicted octanol–water partition coefficient (Wildman–Crippen LogP) is 3.59. The van der Waals surface area contributed by atoms with Gasteiger partial charge in [-0.2, -0.15) is 19.3 Å². The summed E-state index contributed by atoms with van der Waals surface area (Å²) in [5.41, 5.74) is 0. The topological polar surface area (TPSA) is 0 Å². The molecule has 10 heavy (non-hydrogen) atoms. The number of hydrogen-bond donors (Lipinski definition) is 0. The van der Waals surface area contributed by atoms with E-state index in [-0.39, 0.29) is 0 Å². The van der Waals surface area contributed by atoms with Gasteiger partial charge < -0.3 is 5.92 Å². The second-order valence-corrected chi connectivity index (χ2v) is 2.91. The van der Waals surface area contributed by atoms with Gasteiger partial charge in [0.2, 0.25) is 0 Å². The van der Waals surface area contributed by atoms with Gasteiger partial charge in [-0.25, -0.2) is 0 Å². The molecule has 0 amide bonds. The van der Waals surface area contributed by atoms with Gasteiger partial charge in [-0.1, -0.05) is 32.4 Å². The van der Waals surface area contributed by atoms with E-state index in [1.165, 1.54) is 12.8 Å². The fourth-order valence-corrected chi connectivity index (χ4v) is 0.890. The fraction of sp³-hybridized carbons (Fsp3) is 0.700. The lowest BCUT2D eigenvalue weighted by molar-refractivity contribution is 0.578. The van der Waals surface area contributed by atoms with Crippen molar-refractivity contribution in [2.75, 3.05) is 0 Å². The van der Waals surface area contributed by atoms with Crippen LogP contribution < -0.4 is 0 Å². The summed E-state index contributed by atoms with van der Waals surface area (Å²) in [7, 11) is 0. The van der Waals surface area contributed by atoms with Gasteiger partial charge in [-0.15, -0.1) is 0 Å². The average Bonchev–Trinajstić information content (AvgIpc) is 1.98. The van der Waals surface area contributed by atoms with Crippen molar-refractivity contribution < 1.29 is 0 Å². The van der Waals surface area contributed by atoms with Crippen molar-refractivity contribution in [2.24, 2.45) is 5.92 Å². The monoisotopic (exact) mass is 139 g/mol. The van der Waals surface area contributed by atoms with Crippen molar-refractivity contribution >= 4 is 0 Å². The van der Waals surface area contributed by atoms with Crippen molar-refractivity contribution in [3.8, 4) is 0 Å². The zero-order chi connectivity index (χ0) is 7.98. The lowest BCUT2D eigenvalue weighted by atomic mass is 9.91. The Hall–Kier alpha value is -0.260. The molecule has 0 N–H and O–H groups in total. The molecule has 0 saturated heterocycles. The molecule has 1 atom stereocenters. The van der Waals surface area contributed by atoms with Crippen LogP contribution in [0.5, 0.6) is 0 Å². The first-order valence-electron chi connectivity index (χ1n) is 4.15. The number of hydrogen-bond acceptors (Lipinski definition) is 0. The normalized spacial score (nSPS) is 14.9. The largest absolute Gasteiger partial charge is 0.314 e. The summed E-state index contributed by atoms with van der Waals surface area (Å²) in [6, 6.07) is 0. The van der Waals surface area contributed by atoms with E-state index in [1.807, 2.05) is 0 Å². The van der Waals surface area contributed by atoms with Gasteiger partial charge in [0, 0.05) is 0 Å². The molecule has 0 aliphatic carbocycles. The number of rotatable bonds is 4. The van der Waals surface area contributed by atoms with Crippen molar-refractivity contribution in [2.45, 2.75) is 40.5 Å². The van der Waals surface area contributed by atoms with Crippen LogP contribution in [0.1, 0.15) is 40.5 Å². The van der Waals surface area contributed by atoms with Gasteiger partial charge in [0.15, 0.2) is 0 Å². The highest BCUT2D eigenvalue weighted by molar-refractivity contribution is 4.92. The molecule has 0 aliphatic rings. The van der Waals surface area contributed by atoms with Crippen molar-refractivity contribution in [1.82, 2.24) is 0 Å². The molecule has 0 saturated carbocycles. The molecule has 0 bridgehead atoms. The average molecular weight is 139 g/mol. The third-order valence-corrected chi connectivity index (χ3v) is 2.12. The molecule has 0 nitrogen and oxygen atoms in total. The smallest absolute Gasteiger partial charge is 0.0470 e. The lowest BCUT2D eigenvalue weighted by Gasteiger charge is -2.30. The van der Waals surface area contributed by atoms with E-state index in [0.29, 0.717) is 0 Å². The van der Waals surface area contributed by atoms with Gasteiger partial charge in [-0.3, -0.25) is 0 Å². The maximum atomic E-state index is 2.29. The third-order valence-electron chi connectivity index (χ3n) is 2.12. The minimum Gasteiger partial charge on any atom is -0.314 e. The Morgan fingerprint density at radius 1 is 1.50 bits per heavy atom. The summed E-state index contributed by atoms with van der Waals surface area (Å²) in [6.07, 6.45) is 6.79. The molecule has 0 rings (SSSR count). The van der Waals surface area contributed by atoms with E-state index in [4.69, 9.17) is 0 Å². The summed E-state index contributed by atoms with van der Waals surface area (Å²) in [5.74, 6) is 2.37. The first-order valence-corrected chi connectivity index (χ1v) is 4.15. The molecule has 0 radical (unpaired) electrons. The summed E-state index contributed by atoms with van der Waals surface area (Å²) in [4.78, 5) is 0. The van der Waals surface area contributed by atoms with E-state index in [9.17, 15) is 0 Å². The van der Waals surface area contributed by atoms with Gasteiger partial charge >= 0.3 is 0 Å². The molecule has 0 spiro atoms.